The lowest BCUT2D eigenvalue weighted by Crippen LogP contribution is -2.36. The highest BCUT2D eigenvalue weighted by molar-refractivity contribution is 9.10. The van der Waals surface area contributed by atoms with Crippen molar-refractivity contribution >= 4 is 27.7 Å². The zero-order valence-electron chi connectivity index (χ0n) is 9.14. The lowest BCUT2D eigenvalue weighted by atomic mass is 9.83. The van der Waals surface area contributed by atoms with Crippen molar-refractivity contribution in [2.45, 2.75) is 11.2 Å². The van der Waals surface area contributed by atoms with Gasteiger partial charge in [-0.1, -0.05) is 22.0 Å². The van der Waals surface area contributed by atoms with Gasteiger partial charge in [0.2, 0.25) is 0 Å². The second kappa shape index (κ2) is 4.49. The smallest absolute Gasteiger partial charge is 0.308 e. The zero-order chi connectivity index (χ0) is 12.6. The van der Waals surface area contributed by atoms with Gasteiger partial charge in [0.1, 0.15) is 5.75 Å². The average Bonchev–Trinajstić information content (AvgIpc) is 2.33. The fraction of sp³-hybridized carbons (Fsp3) is 0.333. The third kappa shape index (κ3) is 2.07. The summed E-state index contributed by atoms with van der Waals surface area (Å²) >= 11 is 3.17. The standard InChI is InChI=1S/C12H11BrO4/c1-17-7-3-2-6-4-9(12(15)16)10(13)11(14)8(6)5-7/h2-3,5,9-10H,4H2,1H3,(H,15,16). The Morgan fingerprint density at radius 2 is 2.24 bits per heavy atom. The number of carboxylic acids is 1. The number of benzene rings is 1. The molecule has 0 spiro atoms. The number of aliphatic carboxylic acids is 1. The van der Waals surface area contributed by atoms with E-state index in [2.05, 4.69) is 15.9 Å². The van der Waals surface area contributed by atoms with Gasteiger partial charge in [0, 0.05) is 5.56 Å². The van der Waals surface area contributed by atoms with Crippen LogP contribution in [0.15, 0.2) is 18.2 Å². The highest BCUT2D eigenvalue weighted by Gasteiger charge is 2.38. The first-order valence-corrected chi connectivity index (χ1v) is 6.04. The number of fused-ring (bicyclic) bond motifs is 1. The van der Waals surface area contributed by atoms with Crippen molar-refractivity contribution in [2.75, 3.05) is 7.11 Å². The Hall–Kier alpha value is -1.36. The normalized spacial score (nSPS) is 23.1. The molecule has 0 saturated carbocycles. The first-order valence-electron chi connectivity index (χ1n) is 5.12. The topological polar surface area (TPSA) is 63.6 Å². The lowest BCUT2D eigenvalue weighted by molar-refractivity contribution is -0.141. The summed E-state index contributed by atoms with van der Waals surface area (Å²) in [7, 11) is 1.53. The van der Waals surface area contributed by atoms with Gasteiger partial charge >= 0.3 is 5.97 Å². The minimum Gasteiger partial charge on any atom is -0.497 e. The predicted octanol–water partition coefficient (Wildman–Crippen LogP) is 1.90. The number of carbonyl (C=O) groups is 2. The maximum absolute atomic E-state index is 12.0. The Morgan fingerprint density at radius 3 is 2.82 bits per heavy atom. The van der Waals surface area contributed by atoms with Gasteiger partial charge in [0.05, 0.1) is 17.9 Å². The number of Topliss-reactive ketones (excluding diaryl/α,β-unsaturated/α-hetero) is 1. The number of hydrogen-bond donors (Lipinski definition) is 1. The summed E-state index contributed by atoms with van der Waals surface area (Å²) < 4.78 is 5.05. The summed E-state index contributed by atoms with van der Waals surface area (Å²) in [5.74, 6) is -1.26. The van der Waals surface area contributed by atoms with Crippen molar-refractivity contribution in [1.82, 2.24) is 0 Å². The fourth-order valence-electron chi connectivity index (χ4n) is 1.97. The summed E-state index contributed by atoms with van der Waals surface area (Å²) in [6, 6.07) is 5.14. The molecular weight excluding hydrogens is 288 g/mol. The van der Waals surface area contributed by atoms with Crippen molar-refractivity contribution in [2.24, 2.45) is 5.92 Å². The van der Waals surface area contributed by atoms with E-state index in [1.54, 1.807) is 18.2 Å². The molecule has 0 fully saturated rings. The molecule has 90 valence electrons. The molecule has 5 heteroatoms. The van der Waals surface area contributed by atoms with Crippen LogP contribution in [-0.4, -0.2) is 28.8 Å². The molecule has 1 aliphatic rings. The Morgan fingerprint density at radius 1 is 1.53 bits per heavy atom. The number of rotatable bonds is 2. The Balaban J connectivity index is 2.45. The van der Waals surface area contributed by atoms with E-state index in [1.807, 2.05) is 0 Å². The Labute approximate surface area is 107 Å². The van der Waals surface area contributed by atoms with E-state index in [9.17, 15) is 9.59 Å². The molecule has 1 aromatic rings. The van der Waals surface area contributed by atoms with Crippen LogP contribution in [0.4, 0.5) is 0 Å². The number of methoxy groups -OCH3 is 1. The van der Waals surface area contributed by atoms with Gasteiger partial charge in [-0.15, -0.1) is 0 Å². The van der Waals surface area contributed by atoms with Crippen LogP contribution < -0.4 is 4.74 Å². The van der Waals surface area contributed by atoms with Crippen molar-refractivity contribution < 1.29 is 19.4 Å². The Bertz CT molecular complexity index is 483. The van der Waals surface area contributed by atoms with E-state index in [0.717, 1.165) is 5.56 Å². The van der Waals surface area contributed by atoms with Gasteiger partial charge in [-0.3, -0.25) is 9.59 Å². The fourth-order valence-corrected chi connectivity index (χ4v) is 2.63. The molecule has 0 saturated heterocycles. The molecular formula is C12H11BrO4. The molecule has 2 atom stereocenters. The quantitative estimate of drug-likeness (QED) is 0.847. The minimum atomic E-state index is -0.957. The number of carbonyl (C=O) groups excluding carboxylic acids is 1. The van der Waals surface area contributed by atoms with Gasteiger partial charge in [-0.05, 0) is 24.1 Å². The highest BCUT2D eigenvalue weighted by atomic mass is 79.9. The maximum Gasteiger partial charge on any atom is 0.308 e. The van der Waals surface area contributed by atoms with E-state index in [4.69, 9.17) is 9.84 Å². The monoisotopic (exact) mass is 298 g/mol. The van der Waals surface area contributed by atoms with Gasteiger partial charge in [0.15, 0.2) is 5.78 Å². The molecule has 0 amide bonds. The molecule has 1 aliphatic carbocycles. The first kappa shape index (κ1) is 12.1. The third-order valence-electron chi connectivity index (χ3n) is 2.94. The molecule has 2 rings (SSSR count). The van der Waals surface area contributed by atoms with Gasteiger partial charge in [0.25, 0.3) is 0 Å². The Kier molecular flexibility index (Phi) is 3.19. The SMILES string of the molecule is COc1ccc2c(c1)C(=O)C(Br)C(C(=O)O)C2. The van der Waals surface area contributed by atoms with E-state index in [-0.39, 0.29) is 5.78 Å². The molecule has 0 heterocycles. The van der Waals surface area contributed by atoms with Crippen LogP contribution in [0.3, 0.4) is 0 Å². The molecule has 0 aliphatic heterocycles. The molecule has 0 radical (unpaired) electrons. The lowest BCUT2D eigenvalue weighted by Gasteiger charge is -2.25. The van der Waals surface area contributed by atoms with Crippen LogP contribution in [0.1, 0.15) is 15.9 Å². The van der Waals surface area contributed by atoms with Crippen LogP contribution in [0, 0.1) is 5.92 Å². The van der Waals surface area contributed by atoms with Crippen LogP contribution in [-0.2, 0) is 11.2 Å². The third-order valence-corrected chi connectivity index (χ3v) is 4.00. The largest absolute Gasteiger partial charge is 0.497 e. The minimum absolute atomic E-state index is 0.197. The van der Waals surface area contributed by atoms with E-state index < -0.39 is 16.7 Å². The molecule has 17 heavy (non-hydrogen) atoms. The molecule has 1 N–H and O–H groups in total. The predicted molar refractivity (Wildman–Crippen MR) is 64.9 cm³/mol. The van der Waals surface area contributed by atoms with Crippen LogP contribution in [0.5, 0.6) is 5.75 Å². The average molecular weight is 299 g/mol. The highest BCUT2D eigenvalue weighted by Crippen LogP contribution is 2.32. The number of ether oxygens (including phenoxy) is 1. The van der Waals surface area contributed by atoms with E-state index in [1.165, 1.54) is 7.11 Å². The first-order chi connectivity index (χ1) is 8.04. The van der Waals surface area contributed by atoms with Gasteiger partial charge in [-0.25, -0.2) is 0 Å². The molecule has 0 aromatic heterocycles. The second-order valence-electron chi connectivity index (χ2n) is 3.94. The number of carboxylic acid groups (broad SMARTS) is 1. The zero-order valence-corrected chi connectivity index (χ0v) is 10.7. The molecule has 2 unspecified atom stereocenters. The van der Waals surface area contributed by atoms with Crippen LogP contribution in [0.2, 0.25) is 0 Å². The van der Waals surface area contributed by atoms with Crippen molar-refractivity contribution in [1.29, 1.82) is 0 Å². The summed E-state index contributed by atoms with van der Waals surface area (Å²) in [6.45, 7) is 0. The summed E-state index contributed by atoms with van der Waals surface area (Å²) in [5.41, 5.74) is 1.31. The van der Waals surface area contributed by atoms with Crippen LogP contribution in [0.25, 0.3) is 0 Å². The molecule has 1 aromatic carbocycles. The van der Waals surface area contributed by atoms with E-state index in [0.29, 0.717) is 17.7 Å². The molecule has 0 bridgehead atoms. The second-order valence-corrected chi connectivity index (χ2v) is 4.92. The van der Waals surface area contributed by atoms with Crippen LogP contribution >= 0.6 is 15.9 Å². The van der Waals surface area contributed by atoms with Crippen molar-refractivity contribution in [3.63, 3.8) is 0 Å². The van der Waals surface area contributed by atoms with Gasteiger partial charge in [-0.2, -0.15) is 0 Å². The number of halogens is 1. The van der Waals surface area contributed by atoms with E-state index >= 15 is 0 Å². The summed E-state index contributed by atoms with van der Waals surface area (Å²) in [4.78, 5) is 22.4. The maximum atomic E-state index is 12.0. The van der Waals surface area contributed by atoms with Gasteiger partial charge < -0.3 is 9.84 Å². The number of alkyl halides is 1. The summed E-state index contributed by atoms with van der Waals surface area (Å²) in [5, 5.41) is 9.05. The number of hydrogen-bond acceptors (Lipinski definition) is 3. The molecule has 4 nitrogen and oxygen atoms in total. The number of ketones is 1. The van der Waals surface area contributed by atoms with Crippen molar-refractivity contribution in [3.05, 3.63) is 29.3 Å². The summed E-state index contributed by atoms with van der Waals surface area (Å²) in [6.07, 6.45) is 0.357. The van der Waals surface area contributed by atoms with Crippen molar-refractivity contribution in [3.8, 4) is 5.75 Å².